The quantitative estimate of drug-likeness (QED) is 0.389. The molecule has 0 saturated heterocycles. The van der Waals surface area contributed by atoms with Gasteiger partial charge < -0.3 is 0 Å². The zero-order valence-electron chi connectivity index (χ0n) is 21.2. The summed E-state index contributed by atoms with van der Waals surface area (Å²) in [4.78, 5) is 0. The molecule has 0 N–H and O–H groups in total. The molecular formula is C31H39Si. The molecule has 0 nitrogen and oxygen atoms in total. The smallest absolute Gasteiger partial charge is 0.0623 e. The van der Waals surface area contributed by atoms with Crippen molar-refractivity contribution < 1.29 is 0 Å². The van der Waals surface area contributed by atoms with Crippen LogP contribution in [0.15, 0.2) is 60.7 Å². The maximum absolute atomic E-state index is 2.54. The predicted octanol–water partition coefficient (Wildman–Crippen LogP) is 6.67. The highest BCUT2D eigenvalue weighted by Gasteiger charge is 2.38. The van der Waals surface area contributed by atoms with Crippen molar-refractivity contribution in [1.29, 1.82) is 0 Å². The number of rotatable bonds is 5. The Kier molecular flexibility index (Phi) is 6.50. The van der Waals surface area contributed by atoms with Crippen LogP contribution in [-0.2, 0) is 0 Å². The average molecular weight is 440 g/mol. The van der Waals surface area contributed by atoms with Crippen molar-refractivity contribution in [3.63, 3.8) is 0 Å². The van der Waals surface area contributed by atoms with E-state index < -0.39 is 8.80 Å². The van der Waals surface area contributed by atoms with Crippen molar-refractivity contribution in [3.8, 4) is 0 Å². The van der Waals surface area contributed by atoms with Gasteiger partial charge in [0.05, 0.1) is 0 Å². The second kappa shape index (κ2) is 9.02. The molecule has 0 aromatic heterocycles. The summed E-state index contributed by atoms with van der Waals surface area (Å²) in [7, 11) is -1.10. The van der Waals surface area contributed by atoms with Gasteiger partial charge in [-0.2, -0.15) is 0 Å². The van der Waals surface area contributed by atoms with Crippen molar-refractivity contribution in [2.75, 3.05) is 0 Å². The zero-order valence-corrected chi connectivity index (χ0v) is 22.2. The van der Waals surface area contributed by atoms with E-state index in [-0.39, 0.29) is 0 Å². The zero-order chi connectivity index (χ0) is 23.2. The predicted molar refractivity (Wildman–Crippen MR) is 143 cm³/mol. The molecule has 0 saturated carbocycles. The molecule has 1 heteroatoms. The fourth-order valence-corrected chi connectivity index (χ4v) is 9.25. The van der Waals surface area contributed by atoms with E-state index in [2.05, 4.69) is 116 Å². The minimum Gasteiger partial charge on any atom is -0.0623 e. The molecule has 0 unspecified atom stereocenters. The Morgan fingerprint density at radius 3 is 1.41 bits per heavy atom. The van der Waals surface area contributed by atoms with Gasteiger partial charge in [-0.15, -0.1) is 0 Å². The summed E-state index contributed by atoms with van der Waals surface area (Å²) in [6, 6.07) is 23.8. The molecular weight excluding hydrogens is 400 g/mol. The Balaban J connectivity index is 2.10. The first-order chi connectivity index (χ1) is 15.2. The Morgan fingerprint density at radius 1 is 0.594 bits per heavy atom. The topological polar surface area (TPSA) is 0 Å². The lowest BCUT2D eigenvalue weighted by molar-refractivity contribution is 0.566. The van der Waals surface area contributed by atoms with E-state index in [1.807, 2.05) is 0 Å². The fraction of sp³-hybridized carbons (Fsp3) is 0.419. The summed E-state index contributed by atoms with van der Waals surface area (Å²) in [5.74, 6) is 2.64. The standard InChI is InChI=1S/C31H39Si/c1-19(2)23-17-26(20(3)4)31(27(18-23)21(5)6)32-28-15-11-9-13-24(28)30(22(7)8)25-14-10-12-16-29(25)32/h9-22,30H,1-8H3. The van der Waals surface area contributed by atoms with Gasteiger partial charge in [0.15, 0.2) is 8.80 Å². The van der Waals surface area contributed by atoms with Crippen molar-refractivity contribution in [2.24, 2.45) is 5.92 Å². The van der Waals surface area contributed by atoms with Gasteiger partial charge in [0, 0.05) is 5.92 Å². The Hall–Kier alpha value is -2.12. The van der Waals surface area contributed by atoms with E-state index >= 15 is 0 Å². The summed E-state index contributed by atoms with van der Waals surface area (Å²) in [6.45, 7) is 18.9. The lowest BCUT2D eigenvalue weighted by Gasteiger charge is -2.38. The molecule has 0 spiro atoms. The number of fused-ring (bicyclic) bond motifs is 2. The molecule has 3 aromatic carbocycles. The highest BCUT2D eigenvalue weighted by Crippen LogP contribution is 2.34. The van der Waals surface area contributed by atoms with Gasteiger partial charge in [0.1, 0.15) is 0 Å². The van der Waals surface area contributed by atoms with E-state index in [0.717, 1.165) is 0 Å². The summed E-state index contributed by atoms with van der Waals surface area (Å²) < 4.78 is 0. The monoisotopic (exact) mass is 439 g/mol. The van der Waals surface area contributed by atoms with Gasteiger partial charge in [-0.05, 0) is 67.0 Å². The number of hydrogen-bond acceptors (Lipinski definition) is 0. The van der Waals surface area contributed by atoms with Crippen LogP contribution in [0.25, 0.3) is 0 Å². The molecule has 1 heterocycles. The van der Waals surface area contributed by atoms with Crippen LogP contribution < -0.4 is 15.6 Å². The molecule has 1 aliphatic heterocycles. The van der Waals surface area contributed by atoms with E-state index in [1.54, 1.807) is 37.8 Å². The maximum atomic E-state index is 2.54. The molecule has 0 fully saturated rings. The first-order valence-electron chi connectivity index (χ1n) is 12.5. The molecule has 1 radical (unpaired) electrons. The van der Waals surface area contributed by atoms with E-state index in [1.165, 1.54) is 5.56 Å². The van der Waals surface area contributed by atoms with Crippen molar-refractivity contribution in [3.05, 3.63) is 88.5 Å². The van der Waals surface area contributed by atoms with Crippen molar-refractivity contribution >= 4 is 24.4 Å². The van der Waals surface area contributed by atoms with Crippen molar-refractivity contribution in [1.82, 2.24) is 0 Å². The maximum Gasteiger partial charge on any atom is 0.156 e. The normalized spacial score (nSPS) is 14.5. The molecule has 0 amide bonds. The van der Waals surface area contributed by atoms with Crippen LogP contribution in [-0.4, -0.2) is 8.80 Å². The Bertz CT molecular complexity index is 1030. The lowest BCUT2D eigenvalue weighted by Crippen LogP contribution is -2.60. The van der Waals surface area contributed by atoms with Gasteiger partial charge in [0.2, 0.25) is 0 Å². The summed E-state index contributed by atoms with van der Waals surface area (Å²) >= 11 is 0. The van der Waals surface area contributed by atoms with Crippen LogP contribution >= 0.6 is 0 Å². The van der Waals surface area contributed by atoms with Gasteiger partial charge in [-0.3, -0.25) is 0 Å². The second-order valence-electron chi connectivity index (χ2n) is 10.8. The van der Waals surface area contributed by atoms with Crippen LogP contribution in [0.3, 0.4) is 0 Å². The summed E-state index contributed by atoms with van der Waals surface area (Å²) in [5, 5.41) is 4.87. The van der Waals surface area contributed by atoms with E-state index in [9.17, 15) is 0 Å². The highest BCUT2D eigenvalue weighted by atomic mass is 28.3. The molecule has 0 atom stereocenters. The van der Waals surface area contributed by atoms with Gasteiger partial charge in [-0.1, -0.05) is 116 Å². The van der Waals surface area contributed by atoms with E-state index in [0.29, 0.717) is 29.6 Å². The van der Waals surface area contributed by atoms with Crippen LogP contribution in [0.5, 0.6) is 0 Å². The Labute approximate surface area is 197 Å². The molecule has 4 rings (SSSR count). The van der Waals surface area contributed by atoms with Crippen LogP contribution in [0.4, 0.5) is 0 Å². The minimum atomic E-state index is -1.10. The average Bonchev–Trinajstić information content (AvgIpc) is 2.76. The second-order valence-corrected chi connectivity index (χ2v) is 13.1. The van der Waals surface area contributed by atoms with Gasteiger partial charge in [0.25, 0.3) is 0 Å². The third kappa shape index (κ3) is 3.90. The molecule has 1 aliphatic rings. The highest BCUT2D eigenvalue weighted by molar-refractivity contribution is 6.97. The molecule has 32 heavy (non-hydrogen) atoms. The van der Waals surface area contributed by atoms with Crippen LogP contribution in [0.1, 0.15) is 107 Å². The minimum absolute atomic E-state index is 0.482. The number of hydrogen-bond donors (Lipinski definition) is 0. The van der Waals surface area contributed by atoms with Gasteiger partial charge in [-0.25, -0.2) is 0 Å². The summed E-state index contributed by atoms with van der Waals surface area (Å²) in [6.07, 6.45) is 0. The number of benzene rings is 3. The molecule has 3 aromatic rings. The van der Waals surface area contributed by atoms with E-state index in [4.69, 9.17) is 0 Å². The first-order valence-corrected chi connectivity index (χ1v) is 14.0. The Morgan fingerprint density at radius 2 is 1.03 bits per heavy atom. The SMILES string of the molecule is CC(C)c1cc(C(C)C)c([Si]2c3ccccc3C(C(C)C)c3ccccc32)c(C(C)C)c1. The first kappa shape index (κ1) is 23.0. The van der Waals surface area contributed by atoms with Crippen LogP contribution in [0.2, 0.25) is 0 Å². The fourth-order valence-electron chi connectivity index (χ4n) is 5.54. The third-order valence-corrected chi connectivity index (χ3v) is 10.2. The van der Waals surface area contributed by atoms with Gasteiger partial charge >= 0.3 is 0 Å². The lowest BCUT2D eigenvalue weighted by atomic mass is 9.82. The largest absolute Gasteiger partial charge is 0.156 e. The van der Waals surface area contributed by atoms with Crippen LogP contribution in [0, 0.1) is 5.92 Å². The van der Waals surface area contributed by atoms with Crippen molar-refractivity contribution in [2.45, 2.75) is 79.1 Å². The third-order valence-electron chi connectivity index (χ3n) is 7.18. The molecule has 167 valence electrons. The molecule has 0 bridgehead atoms. The summed E-state index contributed by atoms with van der Waals surface area (Å²) in [5.41, 5.74) is 7.75. The molecule has 0 aliphatic carbocycles.